The van der Waals surface area contributed by atoms with E-state index in [1.54, 1.807) is 45.0 Å². The van der Waals surface area contributed by atoms with Crippen molar-refractivity contribution in [1.82, 2.24) is 0 Å². The zero-order chi connectivity index (χ0) is 14.2. The molecule has 2 aromatic rings. The van der Waals surface area contributed by atoms with Gasteiger partial charge in [0.25, 0.3) is 0 Å². The van der Waals surface area contributed by atoms with Gasteiger partial charge in [0.1, 0.15) is 11.3 Å². The van der Waals surface area contributed by atoms with Crippen LogP contribution in [-0.2, 0) is 0 Å². The number of Topliss-reactive ketones (excluding diaryl/α,β-unsaturated/α-hetero) is 1. The molecular weight excluding hydrogens is 240 g/mol. The summed E-state index contributed by atoms with van der Waals surface area (Å²) < 4.78 is 0. The van der Waals surface area contributed by atoms with Gasteiger partial charge >= 0.3 is 0 Å². The number of carbonyl (C=O) groups is 1. The maximum atomic E-state index is 12.3. The highest BCUT2D eigenvalue weighted by Gasteiger charge is 2.27. The van der Waals surface area contributed by atoms with Crippen molar-refractivity contribution in [2.45, 2.75) is 20.8 Å². The summed E-state index contributed by atoms with van der Waals surface area (Å²) in [5, 5.41) is 11.5. The van der Waals surface area contributed by atoms with Crippen molar-refractivity contribution in [3.63, 3.8) is 0 Å². The van der Waals surface area contributed by atoms with Gasteiger partial charge in [0, 0.05) is 10.8 Å². The largest absolute Gasteiger partial charge is 0.506 e. The minimum atomic E-state index is -0.716. The van der Waals surface area contributed by atoms with Crippen molar-refractivity contribution in [1.29, 1.82) is 0 Å². The second-order valence-corrected chi connectivity index (χ2v) is 5.59. The van der Waals surface area contributed by atoms with Crippen molar-refractivity contribution in [3.05, 3.63) is 52.2 Å². The first kappa shape index (κ1) is 13.3. The van der Waals surface area contributed by atoms with Gasteiger partial charge < -0.3 is 5.11 Å². The highest BCUT2D eigenvalue weighted by Crippen LogP contribution is 2.29. The molecule has 2 aromatic carbocycles. The van der Waals surface area contributed by atoms with E-state index < -0.39 is 10.8 Å². The molecule has 0 aliphatic carbocycles. The van der Waals surface area contributed by atoms with Gasteiger partial charge in [0.05, 0.1) is 0 Å². The fourth-order valence-electron chi connectivity index (χ4n) is 1.95. The number of fused-ring (bicyclic) bond motifs is 1. The van der Waals surface area contributed by atoms with Crippen molar-refractivity contribution in [2.24, 2.45) is 5.41 Å². The van der Waals surface area contributed by atoms with Crippen LogP contribution in [0.5, 0.6) is 5.75 Å². The standard InChI is InChI=1S/C16H16O3/c1-16(2,3)15(19)13-12(17)9-8-10-6-4-5-7-11(10)14(13)18/h4-9,18H,1-3H3. The van der Waals surface area contributed by atoms with E-state index in [0.717, 1.165) is 5.39 Å². The van der Waals surface area contributed by atoms with Gasteiger partial charge in [-0.1, -0.05) is 51.1 Å². The third kappa shape index (κ3) is 2.36. The Morgan fingerprint density at radius 1 is 1.05 bits per heavy atom. The Kier molecular flexibility index (Phi) is 3.14. The molecule has 0 radical (unpaired) electrons. The Morgan fingerprint density at radius 3 is 2.32 bits per heavy atom. The average molecular weight is 256 g/mol. The molecule has 0 saturated carbocycles. The molecule has 0 spiro atoms. The fourth-order valence-corrected chi connectivity index (χ4v) is 1.95. The summed E-state index contributed by atoms with van der Waals surface area (Å²) in [4.78, 5) is 24.4. The van der Waals surface area contributed by atoms with Gasteiger partial charge in [0.15, 0.2) is 11.2 Å². The SMILES string of the molecule is CC(C)(C)C(=O)c1c(O)c2ccccc2ccc1=O. The highest BCUT2D eigenvalue weighted by molar-refractivity contribution is 6.05. The van der Waals surface area contributed by atoms with E-state index in [1.807, 2.05) is 6.07 Å². The zero-order valence-electron chi connectivity index (χ0n) is 11.2. The molecule has 0 amide bonds. The Morgan fingerprint density at radius 2 is 1.68 bits per heavy atom. The summed E-state index contributed by atoms with van der Waals surface area (Å²) >= 11 is 0. The number of carbonyl (C=O) groups excluding carboxylic acids is 1. The number of hydrogen-bond acceptors (Lipinski definition) is 3. The molecule has 0 aromatic heterocycles. The Balaban J connectivity index is 2.90. The zero-order valence-corrected chi connectivity index (χ0v) is 11.2. The first-order valence-electron chi connectivity index (χ1n) is 6.12. The molecule has 98 valence electrons. The first-order chi connectivity index (χ1) is 8.82. The molecule has 19 heavy (non-hydrogen) atoms. The second kappa shape index (κ2) is 4.50. The lowest BCUT2D eigenvalue weighted by Gasteiger charge is -2.16. The number of aromatic hydroxyl groups is 1. The normalized spacial score (nSPS) is 11.5. The van der Waals surface area contributed by atoms with Crippen molar-refractivity contribution in [3.8, 4) is 5.75 Å². The van der Waals surface area contributed by atoms with Crippen LogP contribution in [-0.4, -0.2) is 10.9 Å². The molecule has 0 heterocycles. The molecule has 0 atom stereocenters. The predicted molar refractivity (Wildman–Crippen MR) is 75.7 cm³/mol. The summed E-state index contributed by atoms with van der Waals surface area (Å²) in [6, 6.07) is 10.0. The average Bonchev–Trinajstić information content (AvgIpc) is 2.46. The van der Waals surface area contributed by atoms with Crippen molar-refractivity contribution in [2.75, 3.05) is 0 Å². The van der Waals surface area contributed by atoms with Crippen LogP contribution >= 0.6 is 0 Å². The van der Waals surface area contributed by atoms with E-state index in [2.05, 4.69) is 0 Å². The molecule has 0 bridgehead atoms. The van der Waals surface area contributed by atoms with E-state index in [0.29, 0.717) is 5.39 Å². The predicted octanol–water partition coefficient (Wildman–Crippen LogP) is 3.13. The van der Waals surface area contributed by atoms with E-state index >= 15 is 0 Å². The third-order valence-electron chi connectivity index (χ3n) is 3.02. The molecule has 0 unspecified atom stereocenters. The summed E-state index contributed by atoms with van der Waals surface area (Å²) in [5.41, 5.74) is -1.30. The third-order valence-corrected chi connectivity index (χ3v) is 3.02. The highest BCUT2D eigenvalue weighted by atomic mass is 16.3. The minimum absolute atomic E-state index is 0.131. The molecule has 1 N–H and O–H groups in total. The van der Waals surface area contributed by atoms with Crippen LogP contribution in [0.2, 0.25) is 0 Å². The van der Waals surface area contributed by atoms with Crippen LogP contribution in [0.15, 0.2) is 41.2 Å². The summed E-state index contributed by atoms with van der Waals surface area (Å²) in [6.45, 7) is 5.18. The second-order valence-electron chi connectivity index (χ2n) is 5.59. The van der Waals surface area contributed by atoms with Crippen LogP contribution in [0.3, 0.4) is 0 Å². The van der Waals surface area contributed by atoms with Gasteiger partial charge in [-0.25, -0.2) is 0 Å². The monoisotopic (exact) mass is 256 g/mol. The molecule has 2 rings (SSSR count). The lowest BCUT2D eigenvalue weighted by atomic mass is 9.86. The van der Waals surface area contributed by atoms with Crippen LogP contribution in [0.4, 0.5) is 0 Å². The lowest BCUT2D eigenvalue weighted by molar-refractivity contribution is 0.0854. The van der Waals surface area contributed by atoms with E-state index in [-0.39, 0.29) is 17.1 Å². The van der Waals surface area contributed by atoms with Crippen LogP contribution in [0.25, 0.3) is 10.8 Å². The summed E-state index contributed by atoms with van der Waals surface area (Å²) in [5.74, 6) is -0.582. The maximum absolute atomic E-state index is 12.3. The van der Waals surface area contributed by atoms with E-state index in [4.69, 9.17) is 0 Å². The van der Waals surface area contributed by atoms with Gasteiger partial charge in [0.2, 0.25) is 0 Å². The van der Waals surface area contributed by atoms with Crippen molar-refractivity contribution >= 4 is 16.6 Å². The summed E-state index contributed by atoms with van der Waals surface area (Å²) in [6.07, 6.45) is 0. The van der Waals surface area contributed by atoms with Gasteiger partial charge in [-0.05, 0) is 11.5 Å². The number of rotatable bonds is 1. The number of hydrogen-bond donors (Lipinski definition) is 1. The first-order valence-corrected chi connectivity index (χ1v) is 6.12. The molecule has 3 nitrogen and oxygen atoms in total. The number of ketones is 1. The van der Waals surface area contributed by atoms with Crippen molar-refractivity contribution < 1.29 is 9.90 Å². The van der Waals surface area contributed by atoms with Gasteiger partial charge in [-0.3, -0.25) is 9.59 Å². The van der Waals surface area contributed by atoms with Crippen LogP contribution in [0.1, 0.15) is 31.1 Å². The maximum Gasteiger partial charge on any atom is 0.193 e. The molecule has 0 fully saturated rings. The van der Waals surface area contributed by atoms with Gasteiger partial charge in [-0.2, -0.15) is 0 Å². The van der Waals surface area contributed by atoms with E-state index in [9.17, 15) is 14.7 Å². The topological polar surface area (TPSA) is 54.4 Å². The molecule has 0 saturated heterocycles. The molecule has 3 heteroatoms. The smallest absolute Gasteiger partial charge is 0.193 e. The van der Waals surface area contributed by atoms with E-state index in [1.165, 1.54) is 6.07 Å². The van der Waals surface area contributed by atoms with Crippen LogP contribution < -0.4 is 5.43 Å². The molecule has 0 aliphatic heterocycles. The Bertz CT molecular complexity index is 709. The van der Waals surface area contributed by atoms with Crippen LogP contribution in [0, 0.1) is 5.41 Å². The Hall–Kier alpha value is -2.16. The summed E-state index contributed by atoms with van der Waals surface area (Å²) in [7, 11) is 0. The fraction of sp³-hybridized carbons (Fsp3) is 0.250. The molecular formula is C16H16O3. The minimum Gasteiger partial charge on any atom is -0.506 e. The quantitative estimate of drug-likeness (QED) is 0.797. The Labute approximate surface area is 111 Å². The van der Waals surface area contributed by atoms with Gasteiger partial charge in [-0.15, -0.1) is 0 Å². The lowest BCUT2D eigenvalue weighted by Crippen LogP contribution is -2.25. The molecule has 0 aliphatic rings. The number of benzene rings is 1.